The molecule has 0 aliphatic carbocycles. The van der Waals surface area contributed by atoms with E-state index in [-0.39, 0.29) is 31.1 Å². The summed E-state index contributed by atoms with van der Waals surface area (Å²) in [5.41, 5.74) is 0. The lowest BCUT2D eigenvalue weighted by atomic mass is 10.0. The van der Waals surface area contributed by atoms with E-state index in [0.717, 1.165) is 116 Å². The molecule has 0 rings (SSSR count). The molecule has 0 fully saturated rings. The first-order valence-corrected chi connectivity index (χ1v) is 31.6. The fourth-order valence-electron chi connectivity index (χ4n) is 8.98. The smallest absolute Gasteiger partial charge is 0.306 e. The van der Waals surface area contributed by atoms with Gasteiger partial charge in [0, 0.05) is 19.3 Å². The van der Waals surface area contributed by atoms with Crippen LogP contribution in [-0.2, 0) is 28.6 Å². The van der Waals surface area contributed by atoms with Crippen LogP contribution in [0, 0.1) is 0 Å². The van der Waals surface area contributed by atoms with Gasteiger partial charge in [-0.2, -0.15) is 0 Å². The van der Waals surface area contributed by atoms with Crippen molar-refractivity contribution >= 4 is 17.9 Å². The van der Waals surface area contributed by atoms with Gasteiger partial charge in [-0.15, -0.1) is 0 Å². The number of hydrogen-bond acceptors (Lipinski definition) is 6. The van der Waals surface area contributed by atoms with E-state index in [4.69, 9.17) is 14.2 Å². The molecule has 0 saturated carbocycles. The van der Waals surface area contributed by atoms with Crippen LogP contribution >= 0.6 is 0 Å². The molecular formula is C68H118O6. The molecule has 1 atom stereocenters. The van der Waals surface area contributed by atoms with Gasteiger partial charge >= 0.3 is 17.9 Å². The van der Waals surface area contributed by atoms with E-state index in [1.165, 1.54) is 154 Å². The molecule has 0 aromatic rings. The third-order valence-corrected chi connectivity index (χ3v) is 13.6. The summed E-state index contributed by atoms with van der Waals surface area (Å²) in [5, 5.41) is 0. The van der Waals surface area contributed by atoms with E-state index in [1.54, 1.807) is 0 Å². The Kier molecular flexibility index (Phi) is 59.3. The topological polar surface area (TPSA) is 78.9 Å². The van der Waals surface area contributed by atoms with Crippen LogP contribution in [-0.4, -0.2) is 37.2 Å². The Morgan fingerprint density at radius 3 is 0.838 bits per heavy atom. The number of allylic oxidation sites excluding steroid dienone is 14. The van der Waals surface area contributed by atoms with E-state index >= 15 is 0 Å². The highest BCUT2D eigenvalue weighted by molar-refractivity contribution is 5.71. The maximum absolute atomic E-state index is 12.9. The lowest BCUT2D eigenvalue weighted by Gasteiger charge is -2.18. The molecule has 0 heterocycles. The van der Waals surface area contributed by atoms with Gasteiger partial charge in [-0.1, -0.05) is 286 Å². The van der Waals surface area contributed by atoms with Crippen LogP contribution in [0.1, 0.15) is 310 Å². The van der Waals surface area contributed by atoms with Crippen molar-refractivity contribution in [3.8, 4) is 0 Å². The van der Waals surface area contributed by atoms with E-state index in [2.05, 4.69) is 106 Å². The first-order chi connectivity index (χ1) is 36.5. The lowest BCUT2D eigenvalue weighted by Crippen LogP contribution is -2.30. The standard InChI is InChI=1S/C68H118O6/c1-4-7-10-13-16-19-22-25-27-29-31-33-35-36-38-40-43-46-49-52-55-58-61-67(70)73-64-65(63-72-66(69)60-57-54-51-48-45-42-24-21-18-15-12-9-6-3)74-68(71)62-59-56-53-50-47-44-41-39-37-34-32-30-28-26-23-20-17-14-11-8-5-2/h8-9,11-12,17-18,20-21,26,28,32,34,42,45,65H,4-7,10,13-16,19,22-25,27,29-31,33,35-41,43-44,46-64H2,1-3H3/b11-8-,12-9-,20-17-,21-18-,28-26-,34-32-,45-42-. The first kappa shape index (κ1) is 70.6. The van der Waals surface area contributed by atoms with Gasteiger partial charge in [0.05, 0.1) is 0 Å². The third-order valence-electron chi connectivity index (χ3n) is 13.6. The van der Waals surface area contributed by atoms with E-state index in [1.807, 2.05) is 0 Å². The second-order valence-electron chi connectivity index (χ2n) is 20.9. The minimum absolute atomic E-state index is 0.0869. The number of hydrogen-bond donors (Lipinski definition) is 0. The van der Waals surface area contributed by atoms with Crippen LogP contribution in [0.4, 0.5) is 0 Å². The fourth-order valence-corrected chi connectivity index (χ4v) is 8.98. The minimum atomic E-state index is -0.793. The first-order valence-electron chi connectivity index (χ1n) is 31.6. The van der Waals surface area contributed by atoms with Crippen molar-refractivity contribution in [3.63, 3.8) is 0 Å². The van der Waals surface area contributed by atoms with E-state index < -0.39 is 6.10 Å². The van der Waals surface area contributed by atoms with Crippen LogP contribution in [0.5, 0.6) is 0 Å². The SMILES string of the molecule is CC/C=C\C/C=C\C/C=C\C/C=C\CCCCCCCCCCC(=O)OC(COC(=O)CCCCC/C=C\C/C=C\C/C=C\CC)COC(=O)CCCCCCCCCCCCCCCCCCCCCCCC. The van der Waals surface area contributed by atoms with Crippen molar-refractivity contribution in [2.24, 2.45) is 0 Å². The molecule has 0 aromatic carbocycles. The van der Waals surface area contributed by atoms with Crippen molar-refractivity contribution in [2.45, 2.75) is 316 Å². The van der Waals surface area contributed by atoms with Crippen molar-refractivity contribution in [2.75, 3.05) is 13.2 Å². The average molecular weight is 1030 g/mol. The summed E-state index contributed by atoms with van der Waals surface area (Å²) in [6.45, 7) is 6.42. The molecule has 0 amide bonds. The normalized spacial score (nSPS) is 12.6. The summed E-state index contributed by atoms with van der Waals surface area (Å²) in [5.74, 6) is -0.913. The maximum atomic E-state index is 12.9. The Morgan fingerprint density at radius 2 is 0.527 bits per heavy atom. The van der Waals surface area contributed by atoms with Gasteiger partial charge in [-0.05, 0) is 89.9 Å². The molecule has 0 N–H and O–H groups in total. The zero-order chi connectivity index (χ0) is 53.6. The second-order valence-corrected chi connectivity index (χ2v) is 20.9. The summed E-state index contributed by atoms with van der Waals surface area (Å²) in [6, 6.07) is 0. The third kappa shape index (κ3) is 59.5. The number of rotatable bonds is 57. The highest BCUT2D eigenvalue weighted by Crippen LogP contribution is 2.17. The van der Waals surface area contributed by atoms with Crippen molar-refractivity contribution in [1.82, 2.24) is 0 Å². The Hall–Kier alpha value is -3.41. The summed E-state index contributed by atoms with van der Waals surface area (Å²) in [4.78, 5) is 38.3. The average Bonchev–Trinajstić information content (AvgIpc) is 3.40. The Labute approximate surface area is 458 Å². The largest absolute Gasteiger partial charge is 0.462 e. The van der Waals surface area contributed by atoms with Gasteiger partial charge in [-0.25, -0.2) is 0 Å². The molecule has 1 unspecified atom stereocenters. The number of carbonyl (C=O) groups excluding carboxylic acids is 3. The van der Waals surface area contributed by atoms with Gasteiger partial charge in [0.2, 0.25) is 0 Å². The van der Waals surface area contributed by atoms with Crippen LogP contribution < -0.4 is 0 Å². The molecule has 6 heteroatoms. The predicted octanol–water partition coefficient (Wildman–Crippen LogP) is 21.5. The molecule has 0 radical (unpaired) electrons. The van der Waals surface area contributed by atoms with Crippen LogP contribution in [0.25, 0.3) is 0 Å². The van der Waals surface area contributed by atoms with E-state index in [9.17, 15) is 14.4 Å². The van der Waals surface area contributed by atoms with Gasteiger partial charge < -0.3 is 14.2 Å². The van der Waals surface area contributed by atoms with Gasteiger partial charge in [-0.3, -0.25) is 14.4 Å². The molecule has 0 bridgehead atoms. The zero-order valence-corrected chi connectivity index (χ0v) is 48.8. The van der Waals surface area contributed by atoms with Crippen LogP contribution in [0.3, 0.4) is 0 Å². The molecular weight excluding hydrogens is 913 g/mol. The summed E-state index contributed by atoms with van der Waals surface area (Å²) in [6.07, 6.45) is 81.7. The molecule has 0 aromatic heterocycles. The Balaban J connectivity index is 4.34. The molecule has 6 nitrogen and oxygen atoms in total. The lowest BCUT2D eigenvalue weighted by molar-refractivity contribution is -0.167. The summed E-state index contributed by atoms with van der Waals surface area (Å²) < 4.78 is 16.9. The van der Waals surface area contributed by atoms with E-state index in [0.29, 0.717) is 19.3 Å². The van der Waals surface area contributed by atoms with Crippen molar-refractivity contribution in [3.05, 3.63) is 85.1 Å². The van der Waals surface area contributed by atoms with Gasteiger partial charge in [0.25, 0.3) is 0 Å². The molecule has 426 valence electrons. The molecule has 74 heavy (non-hydrogen) atoms. The Bertz CT molecular complexity index is 1420. The number of esters is 3. The zero-order valence-electron chi connectivity index (χ0n) is 48.8. The number of unbranched alkanes of at least 4 members (excludes halogenated alkanes) is 32. The minimum Gasteiger partial charge on any atom is -0.462 e. The summed E-state index contributed by atoms with van der Waals surface area (Å²) >= 11 is 0. The molecule has 0 aliphatic heterocycles. The van der Waals surface area contributed by atoms with Crippen molar-refractivity contribution in [1.29, 1.82) is 0 Å². The number of ether oxygens (including phenoxy) is 3. The Morgan fingerprint density at radius 1 is 0.284 bits per heavy atom. The fraction of sp³-hybridized carbons (Fsp3) is 0.750. The number of carbonyl (C=O) groups is 3. The highest BCUT2D eigenvalue weighted by Gasteiger charge is 2.19. The predicted molar refractivity (Wildman–Crippen MR) is 321 cm³/mol. The molecule has 0 aliphatic rings. The maximum Gasteiger partial charge on any atom is 0.306 e. The molecule has 0 spiro atoms. The van der Waals surface area contributed by atoms with Gasteiger partial charge in [0.15, 0.2) is 6.10 Å². The van der Waals surface area contributed by atoms with Gasteiger partial charge in [0.1, 0.15) is 13.2 Å². The van der Waals surface area contributed by atoms with Crippen LogP contribution in [0.15, 0.2) is 85.1 Å². The molecule has 0 saturated heterocycles. The van der Waals surface area contributed by atoms with Crippen molar-refractivity contribution < 1.29 is 28.6 Å². The highest BCUT2D eigenvalue weighted by atomic mass is 16.6. The monoisotopic (exact) mass is 1030 g/mol. The van der Waals surface area contributed by atoms with Crippen LogP contribution in [0.2, 0.25) is 0 Å². The second kappa shape index (κ2) is 62.1. The quantitative estimate of drug-likeness (QED) is 0.0261. The summed E-state index contributed by atoms with van der Waals surface area (Å²) in [7, 11) is 0.